The van der Waals surface area contributed by atoms with E-state index in [1.165, 1.54) is 0 Å². The number of nitrogens with one attached hydrogen (secondary N) is 1. The van der Waals surface area contributed by atoms with Gasteiger partial charge in [0.05, 0.1) is 6.61 Å². The summed E-state index contributed by atoms with van der Waals surface area (Å²) in [7, 11) is 0. The van der Waals surface area contributed by atoms with E-state index in [0.717, 1.165) is 22.4 Å². The van der Waals surface area contributed by atoms with Gasteiger partial charge in [-0.25, -0.2) is 4.98 Å². The lowest BCUT2D eigenvalue weighted by Crippen LogP contribution is -2.28. The molecule has 1 atom stereocenters. The summed E-state index contributed by atoms with van der Waals surface area (Å²) in [5.41, 5.74) is 3.15. The third-order valence-electron chi connectivity index (χ3n) is 3.37. The van der Waals surface area contributed by atoms with Crippen LogP contribution in [0.2, 0.25) is 0 Å². The summed E-state index contributed by atoms with van der Waals surface area (Å²) in [6.45, 7) is 6.69. The minimum Gasteiger partial charge on any atom is -0.438 e. The van der Waals surface area contributed by atoms with Crippen LogP contribution in [0.5, 0.6) is 11.6 Å². The van der Waals surface area contributed by atoms with E-state index < -0.39 is 0 Å². The van der Waals surface area contributed by atoms with Gasteiger partial charge in [-0.1, -0.05) is 24.3 Å². The Bertz CT molecular complexity index is 579. The number of para-hydroxylation sites is 1. The average molecular weight is 286 g/mol. The molecule has 0 radical (unpaired) electrons. The van der Waals surface area contributed by atoms with Gasteiger partial charge in [-0.3, -0.25) is 0 Å². The summed E-state index contributed by atoms with van der Waals surface area (Å²) >= 11 is 0. The summed E-state index contributed by atoms with van der Waals surface area (Å²) in [6, 6.07) is 9.97. The first-order valence-electron chi connectivity index (χ1n) is 7.14. The van der Waals surface area contributed by atoms with E-state index in [9.17, 15) is 0 Å². The van der Waals surface area contributed by atoms with Gasteiger partial charge in [0.15, 0.2) is 0 Å². The zero-order chi connectivity index (χ0) is 15.2. The van der Waals surface area contributed by atoms with Crippen molar-refractivity contribution in [2.24, 2.45) is 0 Å². The number of hydrogen-bond donors (Lipinski definition) is 2. The standard InChI is InChI=1S/C17H22N2O2/c1-12-6-4-7-13(2)16(12)21-17-15(8-5-9-18-17)10-19-14(3)11-20/h4-9,14,19-20H,10-11H2,1-3H3/t14-/m1/s1. The van der Waals surface area contributed by atoms with Crippen molar-refractivity contribution >= 4 is 0 Å². The van der Waals surface area contributed by atoms with Gasteiger partial charge < -0.3 is 15.2 Å². The highest BCUT2D eigenvalue weighted by atomic mass is 16.5. The topological polar surface area (TPSA) is 54.4 Å². The Hall–Kier alpha value is -1.91. The first kappa shape index (κ1) is 15.5. The van der Waals surface area contributed by atoms with E-state index in [4.69, 9.17) is 9.84 Å². The van der Waals surface area contributed by atoms with Crippen LogP contribution in [0.1, 0.15) is 23.6 Å². The minimum atomic E-state index is 0.0400. The predicted octanol–water partition coefficient (Wildman–Crippen LogP) is 2.96. The van der Waals surface area contributed by atoms with Crippen LogP contribution in [-0.2, 0) is 6.54 Å². The summed E-state index contributed by atoms with van der Waals surface area (Å²) < 4.78 is 6.02. The van der Waals surface area contributed by atoms with Crippen LogP contribution >= 0.6 is 0 Å². The van der Waals surface area contributed by atoms with Crippen molar-refractivity contribution in [1.29, 1.82) is 0 Å². The van der Waals surface area contributed by atoms with Crippen LogP contribution in [0.15, 0.2) is 36.5 Å². The SMILES string of the molecule is Cc1cccc(C)c1Oc1ncccc1CN[C@H](C)CO. The second kappa shape index (κ2) is 7.20. The van der Waals surface area contributed by atoms with Gasteiger partial charge in [-0.05, 0) is 38.0 Å². The van der Waals surface area contributed by atoms with Crippen molar-refractivity contribution < 1.29 is 9.84 Å². The third-order valence-corrected chi connectivity index (χ3v) is 3.37. The maximum Gasteiger partial charge on any atom is 0.223 e. The molecule has 1 heterocycles. The molecule has 4 heteroatoms. The maximum atomic E-state index is 9.08. The summed E-state index contributed by atoms with van der Waals surface area (Å²) in [5, 5.41) is 12.3. The molecule has 21 heavy (non-hydrogen) atoms. The van der Waals surface area contributed by atoms with Crippen LogP contribution in [0.25, 0.3) is 0 Å². The monoisotopic (exact) mass is 286 g/mol. The van der Waals surface area contributed by atoms with E-state index in [0.29, 0.717) is 12.4 Å². The number of benzene rings is 1. The molecule has 1 aromatic heterocycles. The number of aliphatic hydroxyl groups excluding tert-OH is 1. The largest absolute Gasteiger partial charge is 0.438 e. The second-order valence-corrected chi connectivity index (χ2v) is 5.26. The Morgan fingerprint density at radius 3 is 2.57 bits per heavy atom. The number of aryl methyl sites for hydroxylation is 2. The molecule has 0 bridgehead atoms. The Morgan fingerprint density at radius 1 is 1.19 bits per heavy atom. The predicted molar refractivity (Wildman–Crippen MR) is 83.6 cm³/mol. The number of rotatable bonds is 6. The molecular weight excluding hydrogens is 264 g/mol. The third kappa shape index (κ3) is 4.03. The summed E-state index contributed by atoms with van der Waals surface area (Å²) in [5.74, 6) is 1.46. The van der Waals surface area contributed by atoms with Gasteiger partial charge in [0.1, 0.15) is 5.75 Å². The lowest BCUT2D eigenvalue weighted by Gasteiger charge is -2.15. The number of aliphatic hydroxyl groups is 1. The number of ether oxygens (including phenoxy) is 1. The van der Waals surface area contributed by atoms with Gasteiger partial charge in [0.25, 0.3) is 0 Å². The van der Waals surface area contributed by atoms with Crippen LogP contribution < -0.4 is 10.1 Å². The highest BCUT2D eigenvalue weighted by Gasteiger charge is 2.10. The Kier molecular flexibility index (Phi) is 5.31. The van der Waals surface area contributed by atoms with Gasteiger partial charge in [-0.2, -0.15) is 0 Å². The smallest absolute Gasteiger partial charge is 0.223 e. The average Bonchev–Trinajstić information content (AvgIpc) is 2.49. The second-order valence-electron chi connectivity index (χ2n) is 5.26. The normalized spacial score (nSPS) is 12.2. The molecule has 0 spiro atoms. The Morgan fingerprint density at radius 2 is 1.90 bits per heavy atom. The molecule has 0 amide bonds. The lowest BCUT2D eigenvalue weighted by atomic mass is 10.1. The van der Waals surface area contributed by atoms with Gasteiger partial charge in [-0.15, -0.1) is 0 Å². The molecule has 112 valence electrons. The van der Waals surface area contributed by atoms with Crippen molar-refractivity contribution in [1.82, 2.24) is 10.3 Å². The van der Waals surface area contributed by atoms with Crippen molar-refractivity contribution in [3.05, 3.63) is 53.2 Å². The summed E-state index contributed by atoms with van der Waals surface area (Å²) in [6.07, 6.45) is 1.72. The molecule has 0 saturated carbocycles. The number of aromatic nitrogens is 1. The van der Waals surface area contributed by atoms with Crippen molar-refractivity contribution in [2.45, 2.75) is 33.4 Å². The van der Waals surface area contributed by atoms with E-state index in [2.05, 4.69) is 10.3 Å². The summed E-state index contributed by atoms with van der Waals surface area (Å²) in [4.78, 5) is 4.34. The van der Waals surface area contributed by atoms with Crippen LogP contribution in [-0.4, -0.2) is 22.7 Å². The fourth-order valence-electron chi connectivity index (χ4n) is 2.06. The molecule has 2 aromatic rings. The van der Waals surface area contributed by atoms with Crippen molar-refractivity contribution in [3.63, 3.8) is 0 Å². The first-order chi connectivity index (χ1) is 10.1. The molecular formula is C17H22N2O2. The number of hydrogen-bond acceptors (Lipinski definition) is 4. The lowest BCUT2D eigenvalue weighted by molar-refractivity contribution is 0.250. The van der Waals surface area contributed by atoms with Gasteiger partial charge in [0.2, 0.25) is 5.88 Å². The Balaban J connectivity index is 2.20. The molecule has 0 saturated heterocycles. The van der Waals surface area contributed by atoms with Crippen LogP contribution in [0, 0.1) is 13.8 Å². The maximum absolute atomic E-state index is 9.08. The molecule has 1 aromatic carbocycles. The first-order valence-corrected chi connectivity index (χ1v) is 7.14. The van der Waals surface area contributed by atoms with Crippen LogP contribution in [0.4, 0.5) is 0 Å². The van der Waals surface area contributed by atoms with Crippen LogP contribution in [0.3, 0.4) is 0 Å². The molecule has 0 fully saturated rings. The molecule has 2 rings (SSSR count). The van der Waals surface area contributed by atoms with Crippen molar-refractivity contribution in [2.75, 3.05) is 6.61 Å². The molecule has 0 aliphatic rings. The molecule has 0 aliphatic heterocycles. The zero-order valence-electron chi connectivity index (χ0n) is 12.8. The molecule has 0 unspecified atom stereocenters. The number of nitrogens with zero attached hydrogens (tertiary/aromatic N) is 1. The fourth-order valence-corrected chi connectivity index (χ4v) is 2.06. The Labute approximate surface area is 125 Å². The molecule has 2 N–H and O–H groups in total. The quantitative estimate of drug-likeness (QED) is 0.857. The minimum absolute atomic E-state index is 0.0400. The molecule has 0 aliphatic carbocycles. The zero-order valence-corrected chi connectivity index (χ0v) is 12.8. The number of pyridine rings is 1. The van der Waals surface area contributed by atoms with E-state index in [1.54, 1.807) is 6.20 Å². The fraction of sp³-hybridized carbons (Fsp3) is 0.353. The van der Waals surface area contributed by atoms with E-state index in [1.807, 2.05) is 51.1 Å². The van der Waals surface area contributed by atoms with Gasteiger partial charge in [0, 0.05) is 24.3 Å². The van der Waals surface area contributed by atoms with Gasteiger partial charge >= 0.3 is 0 Å². The van der Waals surface area contributed by atoms with E-state index >= 15 is 0 Å². The van der Waals surface area contributed by atoms with Crippen molar-refractivity contribution in [3.8, 4) is 11.6 Å². The molecule has 4 nitrogen and oxygen atoms in total. The van der Waals surface area contributed by atoms with E-state index in [-0.39, 0.29) is 12.6 Å². The highest BCUT2D eigenvalue weighted by molar-refractivity contribution is 5.43. The highest BCUT2D eigenvalue weighted by Crippen LogP contribution is 2.29.